The van der Waals surface area contributed by atoms with Crippen molar-refractivity contribution in [3.8, 4) is 11.5 Å². The normalized spacial score (nSPS) is 16.7. The molecule has 0 bridgehead atoms. The highest BCUT2D eigenvalue weighted by Crippen LogP contribution is 2.39. The Kier molecular flexibility index (Phi) is 9.96. The SMILES string of the molecule is CCOc1cc(/C=C2\SC(=O)N(CC(=O)N3CCCCC3)C2=O)cc(I)c1OS(=O)(=O)c1ccc(NC(C)=O)cc1. The number of hydrogen-bond acceptors (Lipinski definition) is 9. The van der Waals surface area contributed by atoms with Crippen LogP contribution in [0.4, 0.5) is 10.5 Å². The van der Waals surface area contributed by atoms with Gasteiger partial charge in [-0.05, 0) is 109 Å². The van der Waals surface area contributed by atoms with Gasteiger partial charge in [0.2, 0.25) is 11.8 Å². The Hall–Kier alpha value is -3.11. The van der Waals surface area contributed by atoms with Gasteiger partial charge in [0.25, 0.3) is 11.1 Å². The fourth-order valence-electron chi connectivity index (χ4n) is 4.25. The maximum absolute atomic E-state index is 13.0. The number of piperidine rings is 1. The van der Waals surface area contributed by atoms with Crippen LogP contribution >= 0.6 is 34.4 Å². The quantitative estimate of drug-likeness (QED) is 0.227. The molecule has 2 aliphatic rings. The fraction of sp³-hybridized carbons (Fsp3) is 0.333. The van der Waals surface area contributed by atoms with Crippen molar-refractivity contribution in [2.75, 3.05) is 31.6 Å². The number of nitrogens with one attached hydrogen (secondary N) is 1. The van der Waals surface area contributed by atoms with E-state index >= 15 is 0 Å². The summed E-state index contributed by atoms with van der Waals surface area (Å²) in [6, 6.07) is 8.64. The first-order chi connectivity index (χ1) is 19.5. The van der Waals surface area contributed by atoms with E-state index in [0.29, 0.717) is 27.9 Å². The van der Waals surface area contributed by atoms with Gasteiger partial charge >= 0.3 is 10.1 Å². The summed E-state index contributed by atoms with van der Waals surface area (Å²) in [5.41, 5.74) is 0.917. The summed E-state index contributed by atoms with van der Waals surface area (Å²) >= 11 is 2.64. The zero-order chi connectivity index (χ0) is 29.7. The van der Waals surface area contributed by atoms with E-state index in [1.54, 1.807) is 17.9 Å². The van der Waals surface area contributed by atoms with Crippen molar-refractivity contribution in [3.05, 3.63) is 50.4 Å². The number of ether oxygens (including phenoxy) is 1. The Labute approximate surface area is 255 Å². The molecule has 2 heterocycles. The number of hydrogen-bond donors (Lipinski definition) is 1. The minimum Gasteiger partial charge on any atom is -0.490 e. The maximum Gasteiger partial charge on any atom is 0.339 e. The lowest BCUT2D eigenvalue weighted by molar-refractivity contribution is -0.136. The number of halogens is 1. The van der Waals surface area contributed by atoms with Crippen LogP contribution in [0.5, 0.6) is 11.5 Å². The van der Waals surface area contributed by atoms with Gasteiger partial charge in [-0.2, -0.15) is 8.42 Å². The van der Waals surface area contributed by atoms with E-state index in [9.17, 15) is 27.6 Å². The van der Waals surface area contributed by atoms with Gasteiger partial charge in [-0.25, -0.2) is 0 Å². The Bertz CT molecular complexity index is 1500. The first-order valence-corrected chi connectivity index (χ1v) is 16.1. The van der Waals surface area contributed by atoms with Gasteiger partial charge in [0.15, 0.2) is 11.5 Å². The number of thioether (sulfide) groups is 1. The predicted molar refractivity (Wildman–Crippen MR) is 162 cm³/mol. The van der Waals surface area contributed by atoms with Crippen LogP contribution in [0.25, 0.3) is 6.08 Å². The number of carbonyl (C=O) groups excluding carboxylic acids is 4. The molecule has 0 aromatic heterocycles. The third-order valence-electron chi connectivity index (χ3n) is 6.16. The summed E-state index contributed by atoms with van der Waals surface area (Å²) in [5.74, 6) is -1.01. The lowest BCUT2D eigenvalue weighted by atomic mass is 10.1. The van der Waals surface area contributed by atoms with Crippen molar-refractivity contribution < 1.29 is 36.5 Å². The van der Waals surface area contributed by atoms with Gasteiger partial charge in [-0.15, -0.1) is 0 Å². The summed E-state index contributed by atoms with van der Waals surface area (Å²) in [6.45, 7) is 4.21. The Morgan fingerprint density at radius 1 is 1.10 bits per heavy atom. The van der Waals surface area contributed by atoms with Gasteiger partial charge in [-0.1, -0.05) is 0 Å². The smallest absolute Gasteiger partial charge is 0.339 e. The monoisotopic (exact) mass is 713 g/mol. The zero-order valence-electron chi connectivity index (χ0n) is 22.3. The molecule has 2 aromatic rings. The third kappa shape index (κ3) is 7.60. The zero-order valence-corrected chi connectivity index (χ0v) is 26.1. The lowest BCUT2D eigenvalue weighted by Crippen LogP contribution is -2.44. The molecule has 0 spiro atoms. The van der Waals surface area contributed by atoms with Gasteiger partial charge in [0.1, 0.15) is 11.4 Å². The summed E-state index contributed by atoms with van der Waals surface area (Å²) < 4.78 is 37.6. The van der Waals surface area contributed by atoms with Crippen LogP contribution < -0.4 is 14.2 Å². The number of rotatable bonds is 9. The Morgan fingerprint density at radius 2 is 1.78 bits per heavy atom. The third-order valence-corrected chi connectivity index (χ3v) is 9.11. The Balaban J connectivity index is 1.55. The molecule has 11 nitrogen and oxygen atoms in total. The Morgan fingerprint density at radius 3 is 2.41 bits per heavy atom. The number of anilines is 1. The molecule has 0 radical (unpaired) electrons. The molecule has 41 heavy (non-hydrogen) atoms. The van der Waals surface area contributed by atoms with Crippen LogP contribution in [0.15, 0.2) is 46.2 Å². The summed E-state index contributed by atoms with van der Waals surface area (Å²) in [6.07, 6.45) is 4.36. The number of benzene rings is 2. The number of imide groups is 1. The molecule has 1 N–H and O–H groups in total. The first kappa shape index (κ1) is 30.8. The van der Waals surface area contributed by atoms with Crippen molar-refractivity contribution in [2.24, 2.45) is 0 Å². The van der Waals surface area contributed by atoms with Gasteiger partial charge in [0, 0.05) is 25.7 Å². The van der Waals surface area contributed by atoms with E-state index in [1.807, 2.05) is 22.6 Å². The minimum atomic E-state index is -4.26. The topological polar surface area (TPSA) is 139 Å². The maximum atomic E-state index is 13.0. The molecule has 2 saturated heterocycles. The fourth-order valence-corrected chi connectivity index (χ4v) is 6.93. The van der Waals surface area contributed by atoms with Gasteiger partial charge < -0.3 is 19.1 Å². The summed E-state index contributed by atoms with van der Waals surface area (Å²) in [5, 5.41) is 2.04. The van der Waals surface area contributed by atoms with Crippen molar-refractivity contribution in [1.82, 2.24) is 9.80 Å². The van der Waals surface area contributed by atoms with Crippen LogP contribution in [0, 0.1) is 3.57 Å². The molecule has 2 aliphatic heterocycles. The molecule has 4 amide bonds. The minimum absolute atomic E-state index is 0.0317. The van der Waals surface area contributed by atoms with Crippen LogP contribution in [0.2, 0.25) is 0 Å². The predicted octanol–water partition coefficient (Wildman–Crippen LogP) is 4.46. The largest absolute Gasteiger partial charge is 0.490 e. The second-order valence-corrected chi connectivity index (χ2v) is 12.9. The molecule has 218 valence electrons. The van der Waals surface area contributed by atoms with Crippen LogP contribution in [-0.2, 0) is 24.5 Å². The summed E-state index contributed by atoms with van der Waals surface area (Å²) in [4.78, 5) is 52.1. The van der Waals surface area contributed by atoms with E-state index in [1.165, 1.54) is 43.3 Å². The second-order valence-electron chi connectivity index (χ2n) is 9.22. The van der Waals surface area contributed by atoms with Crippen LogP contribution in [-0.4, -0.2) is 67.4 Å². The molecule has 4 rings (SSSR count). The molecule has 0 saturated carbocycles. The second kappa shape index (κ2) is 13.2. The van der Waals surface area contributed by atoms with Crippen molar-refractivity contribution >= 4 is 79.2 Å². The molecule has 0 unspecified atom stereocenters. The van der Waals surface area contributed by atoms with Crippen molar-refractivity contribution in [3.63, 3.8) is 0 Å². The molecule has 0 atom stereocenters. The summed E-state index contributed by atoms with van der Waals surface area (Å²) in [7, 11) is -4.26. The molecule has 2 aromatic carbocycles. The average molecular weight is 714 g/mol. The average Bonchev–Trinajstić information content (AvgIpc) is 3.18. The molecular weight excluding hydrogens is 685 g/mol. The highest BCUT2D eigenvalue weighted by molar-refractivity contribution is 14.1. The first-order valence-electron chi connectivity index (χ1n) is 12.8. The molecular formula is C27H28IN3O8S2. The van der Waals surface area contributed by atoms with E-state index in [0.717, 1.165) is 35.9 Å². The van der Waals surface area contributed by atoms with E-state index in [2.05, 4.69) is 5.32 Å². The van der Waals surface area contributed by atoms with Crippen LogP contribution in [0.3, 0.4) is 0 Å². The van der Waals surface area contributed by atoms with E-state index in [-0.39, 0.29) is 46.3 Å². The number of amides is 4. The number of nitrogens with zero attached hydrogens (tertiary/aromatic N) is 2. The van der Waals surface area contributed by atoms with Crippen LogP contribution in [0.1, 0.15) is 38.7 Å². The number of likely N-dealkylation sites (tertiary alicyclic amines) is 1. The van der Waals surface area contributed by atoms with Crippen molar-refractivity contribution in [1.29, 1.82) is 0 Å². The molecule has 0 aliphatic carbocycles. The highest BCUT2D eigenvalue weighted by atomic mass is 127. The van der Waals surface area contributed by atoms with Gasteiger partial charge in [-0.3, -0.25) is 24.1 Å². The standard InChI is InChI=1S/C27H28IN3O8S2/c1-3-38-22-14-18(15-23-26(34)31(27(35)40-23)16-24(33)30-11-5-4-6-12-30)13-21(28)25(22)39-41(36,37)20-9-7-19(8-10-20)29-17(2)32/h7-10,13-15H,3-6,11-12,16H2,1-2H3,(H,29,32)/b23-15-. The van der Waals surface area contributed by atoms with Gasteiger partial charge in [0.05, 0.1) is 15.1 Å². The lowest BCUT2D eigenvalue weighted by Gasteiger charge is -2.27. The number of carbonyl (C=O) groups is 4. The molecule has 2 fully saturated rings. The van der Waals surface area contributed by atoms with Crippen molar-refractivity contribution in [2.45, 2.75) is 38.0 Å². The highest BCUT2D eigenvalue weighted by Gasteiger charge is 2.37. The van der Waals surface area contributed by atoms with E-state index < -0.39 is 21.3 Å². The molecule has 14 heteroatoms. The van der Waals surface area contributed by atoms with E-state index in [4.69, 9.17) is 8.92 Å².